The van der Waals surface area contributed by atoms with E-state index in [1.807, 2.05) is 36.1 Å². The number of para-hydroxylation sites is 1. The molecule has 1 aromatic carbocycles. The second-order valence-corrected chi connectivity index (χ2v) is 3.57. The molecule has 0 saturated carbocycles. The van der Waals surface area contributed by atoms with Crippen molar-refractivity contribution in [1.82, 2.24) is 15.1 Å². The smallest absolute Gasteiger partial charge is 0.0766 e. The van der Waals surface area contributed by atoms with Crippen molar-refractivity contribution in [3.63, 3.8) is 0 Å². The minimum absolute atomic E-state index is 0.804. The molecule has 0 bridgehead atoms. The summed E-state index contributed by atoms with van der Waals surface area (Å²) in [5.41, 5.74) is 3.43. The fraction of sp³-hybridized carbons (Fsp3) is 0.250. The highest BCUT2D eigenvalue weighted by atomic mass is 15.3. The predicted molar refractivity (Wildman–Crippen MR) is 61.1 cm³/mol. The molecule has 0 saturated heterocycles. The van der Waals surface area contributed by atoms with Crippen LogP contribution in [0.2, 0.25) is 0 Å². The molecule has 1 N–H and O–H groups in total. The van der Waals surface area contributed by atoms with E-state index in [4.69, 9.17) is 0 Å². The lowest BCUT2D eigenvalue weighted by atomic mass is 10.2. The highest BCUT2D eigenvalue weighted by Crippen LogP contribution is 2.12. The Morgan fingerprint density at radius 2 is 2.07 bits per heavy atom. The Morgan fingerprint density at radius 3 is 2.80 bits per heavy atom. The summed E-state index contributed by atoms with van der Waals surface area (Å²) in [6, 6.07) is 10.3. The van der Waals surface area contributed by atoms with Crippen molar-refractivity contribution in [3.8, 4) is 5.69 Å². The van der Waals surface area contributed by atoms with Crippen LogP contribution in [-0.4, -0.2) is 16.8 Å². The van der Waals surface area contributed by atoms with Crippen molar-refractivity contribution in [2.75, 3.05) is 7.05 Å². The van der Waals surface area contributed by atoms with Crippen LogP contribution in [0.15, 0.2) is 36.5 Å². The quantitative estimate of drug-likeness (QED) is 0.822. The van der Waals surface area contributed by atoms with Crippen molar-refractivity contribution >= 4 is 0 Å². The van der Waals surface area contributed by atoms with Gasteiger partial charge >= 0.3 is 0 Å². The van der Waals surface area contributed by atoms with Crippen LogP contribution in [0.25, 0.3) is 5.69 Å². The van der Waals surface area contributed by atoms with Gasteiger partial charge in [-0.15, -0.1) is 0 Å². The monoisotopic (exact) mass is 201 g/mol. The second kappa shape index (κ2) is 4.28. The lowest BCUT2D eigenvalue weighted by Crippen LogP contribution is -2.06. The average Bonchev–Trinajstić information content (AvgIpc) is 2.68. The largest absolute Gasteiger partial charge is 0.314 e. The van der Waals surface area contributed by atoms with Gasteiger partial charge in [-0.3, -0.25) is 0 Å². The normalized spacial score (nSPS) is 10.5. The lowest BCUT2D eigenvalue weighted by molar-refractivity contribution is 0.755. The standard InChI is InChI=1S/C12H15N3/c1-10-5-3-4-6-12(10)15-8-7-11(14-15)9-13-2/h3-8,13H,9H2,1-2H3. The Hall–Kier alpha value is -1.61. The number of hydrogen-bond acceptors (Lipinski definition) is 2. The summed E-state index contributed by atoms with van der Waals surface area (Å²) in [5.74, 6) is 0. The first-order valence-corrected chi connectivity index (χ1v) is 5.06. The fourth-order valence-corrected chi connectivity index (χ4v) is 1.59. The molecule has 15 heavy (non-hydrogen) atoms. The molecule has 0 unspecified atom stereocenters. The van der Waals surface area contributed by atoms with E-state index in [9.17, 15) is 0 Å². The van der Waals surface area contributed by atoms with Gasteiger partial charge in [-0.25, -0.2) is 4.68 Å². The third-order valence-corrected chi connectivity index (χ3v) is 2.36. The van der Waals surface area contributed by atoms with Gasteiger partial charge in [-0.1, -0.05) is 18.2 Å². The second-order valence-electron chi connectivity index (χ2n) is 3.57. The molecular weight excluding hydrogens is 186 g/mol. The van der Waals surface area contributed by atoms with Gasteiger partial charge in [0.15, 0.2) is 0 Å². The molecule has 0 radical (unpaired) electrons. The fourth-order valence-electron chi connectivity index (χ4n) is 1.59. The maximum atomic E-state index is 4.49. The van der Waals surface area contributed by atoms with Crippen LogP contribution in [-0.2, 0) is 6.54 Å². The van der Waals surface area contributed by atoms with Gasteiger partial charge in [0, 0.05) is 12.7 Å². The van der Waals surface area contributed by atoms with Crippen molar-refractivity contribution < 1.29 is 0 Å². The predicted octanol–water partition coefficient (Wildman–Crippen LogP) is 1.90. The van der Waals surface area contributed by atoms with Gasteiger partial charge < -0.3 is 5.32 Å². The van der Waals surface area contributed by atoms with Gasteiger partial charge in [0.05, 0.1) is 11.4 Å². The third kappa shape index (κ3) is 2.07. The Bertz CT molecular complexity index is 446. The van der Waals surface area contributed by atoms with E-state index < -0.39 is 0 Å². The summed E-state index contributed by atoms with van der Waals surface area (Å²) in [4.78, 5) is 0. The van der Waals surface area contributed by atoms with E-state index in [0.717, 1.165) is 17.9 Å². The van der Waals surface area contributed by atoms with E-state index in [0.29, 0.717) is 0 Å². The summed E-state index contributed by atoms with van der Waals surface area (Å²) in [6.07, 6.45) is 2.00. The Balaban J connectivity index is 2.33. The number of aromatic nitrogens is 2. The zero-order valence-electron chi connectivity index (χ0n) is 9.07. The maximum absolute atomic E-state index is 4.49. The molecule has 0 aliphatic rings. The van der Waals surface area contributed by atoms with Crippen LogP contribution in [0, 0.1) is 6.92 Å². The number of benzene rings is 1. The minimum atomic E-state index is 0.804. The average molecular weight is 201 g/mol. The number of aryl methyl sites for hydroxylation is 1. The topological polar surface area (TPSA) is 29.9 Å². The SMILES string of the molecule is CNCc1ccn(-c2ccccc2C)n1. The third-order valence-electron chi connectivity index (χ3n) is 2.36. The number of nitrogens with zero attached hydrogens (tertiary/aromatic N) is 2. The van der Waals surface area contributed by atoms with Crippen molar-refractivity contribution in [2.24, 2.45) is 0 Å². The summed E-state index contributed by atoms with van der Waals surface area (Å²) in [5, 5.41) is 7.57. The van der Waals surface area contributed by atoms with Crippen molar-refractivity contribution in [3.05, 3.63) is 47.8 Å². The molecule has 0 aliphatic carbocycles. The first kappa shape index (κ1) is 9.93. The summed E-state index contributed by atoms with van der Waals surface area (Å²) < 4.78 is 1.92. The molecule has 0 fully saturated rings. The first-order valence-electron chi connectivity index (χ1n) is 5.06. The maximum Gasteiger partial charge on any atom is 0.0766 e. The molecule has 2 aromatic rings. The van der Waals surface area contributed by atoms with E-state index in [2.05, 4.69) is 29.5 Å². The zero-order chi connectivity index (χ0) is 10.7. The van der Waals surface area contributed by atoms with Crippen LogP contribution >= 0.6 is 0 Å². The first-order chi connectivity index (χ1) is 7.31. The highest BCUT2D eigenvalue weighted by Gasteiger charge is 2.02. The Kier molecular flexibility index (Phi) is 2.83. The van der Waals surface area contributed by atoms with Gasteiger partial charge in [0.25, 0.3) is 0 Å². The molecule has 78 valence electrons. The van der Waals surface area contributed by atoms with Gasteiger partial charge in [-0.2, -0.15) is 5.10 Å². The molecule has 1 heterocycles. The van der Waals surface area contributed by atoms with E-state index in [-0.39, 0.29) is 0 Å². The van der Waals surface area contributed by atoms with Crippen LogP contribution in [0.1, 0.15) is 11.3 Å². The van der Waals surface area contributed by atoms with E-state index >= 15 is 0 Å². The highest BCUT2D eigenvalue weighted by molar-refractivity contribution is 5.39. The number of rotatable bonds is 3. The molecule has 0 spiro atoms. The summed E-state index contributed by atoms with van der Waals surface area (Å²) in [6.45, 7) is 2.90. The van der Waals surface area contributed by atoms with Crippen LogP contribution in [0.3, 0.4) is 0 Å². The lowest BCUT2D eigenvalue weighted by Gasteiger charge is -2.04. The molecule has 2 rings (SSSR count). The molecule has 1 aromatic heterocycles. The Labute approximate surface area is 89.7 Å². The van der Waals surface area contributed by atoms with Crippen molar-refractivity contribution in [2.45, 2.75) is 13.5 Å². The van der Waals surface area contributed by atoms with Gasteiger partial charge in [-0.05, 0) is 31.7 Å². The van der Waals surface area contributed by atoms with Gasteiger partial charge in [0.1, 0.15) is 0 Å². The molecule has 0 amide bonds. The summed E-state index contributed by atoms with van der Waals surface area (Å²) >= 11 is 0. The van der Waals surface area contributed by atoms with Crippen LogP contribution in [0.5, 0.6) is 0 Å². The molecular formula is C12H15N3. The molecule has 3 nitrogen and oxygen atoms in total. The van der Waals surface area contributed by atoms with Gasteiger partial charge in [0.2, 0.25) is 0 Å². The van der Waals surface area contributed by atoms with Crippen molar-refractivity contribution in [1.29, 1.82) is 0 Å². The van der Waals surface area contributed by atoms with Crippen LogP contribution < -0.4 is 5.32 Å². The molecule has 0 atom stereocenters. The molecule has 0 aliphatic heterocycles. The Morgan fingerprint density at radius 1 is 1.27 bits per heavy atom. The number of hydrogen-bond donors (Lipinski definition) is 1. The summed E-state index contributed by atoms with van der Waals surface area (Å²) in [7, 11) is 1.92. The molecule has 3 heteroatoms. The number of nitrogens with one attached hydrogen (secondary N) is 1. The minimum Gasteiger partial charge on any atom is -0.314 e. The van der Waals surface area contributed by atoms with Crippen LogP contribution in [0.4, 0.5) is 0 Å². The van der Waals surface area contributed by atoms with E-state index in [1.165, 1.54) is 5.56 Å². The van der Waals surface area contributed by atoms with E-state index in [1.54, 1.807) is 0 Å². The zero-order valence-corrected chi connectivity index (χ0v) is 9.07.